The molecule has 0 saturated carbocycles. The van der Waals surface area contributed by atoms with Crippen LogP contribution in [-0.4, -0.2) is 13.1 Å². The highest BCUT2D eigenvalue weighted by molar-refractivity contribution is 9.11. The number of nitrogens with two attached hydrogens (primary N) is 1. The Labute approximate surface area is 90.6 Å². The average Bonchev–Trinajstić information content (AvgIpc) is 2.49. The number of hydrogen-bond acceptors (Lipinski definition) is 3. The first-order chi connectivity index (χ1) is 6.27. The van der Waals surface area contributed by atoms with Gasteiger partial charge in [-0.1, -0.05) is 0 Å². The van der Waals surface area contributed by atoms with Gasteiger partial charge < -0.3 is 11.1 Å². The number of anilines is 1. The molecule has 0 amide bonds. The largest absolute Gasteiger partial charge is 0.397 e. The molecule has 2 nitrogen and oxygen atoms in total. The van der Waals surface area contributed by atoms with Gasteiger partial charge in [-0.3, -0.25) is 0 Å². The van der Waals surface area contributed by atoms with Gasteiger partial charge in [0.1, 0.15) is 0 Å². The normalized spacial score (nSPS) is 19.2. The summed E-state index contributed by atoms with van der Waals surface area (Å²) in [6, 6.07) is 2.12. The lowest BCUT2D eigenvalue weighted by Gasteiger charge is -2.21. The molecule has 13 heavy (non-hydrogen) atoms. The predicted molar refractivity (Wildman–Crippen MR) is 61.3 cm³/mol. The van der Waals surface area contributed by atoms with Crippen molar-refractivity contribution in [2.75, 3.05) is 18.8 Å². The van der Waals surface area contributed by atoms with Crippen LogP contribution in [0.25, 0.3) is 0 Å². The van der Waals surface area contributed by atoms with Gasteiger partial charge in [-0.15, -0.1) is 11.3 Å². The van der Waals surface area contributed by atoms with Crippen molar-refractivity contribution in [2.24, 2.45) is 0 Å². The molecular formula is C9H13BrN2S. The lowest BCUT2D eigenvalue weighted by atomic mass is 9.96. The zero-order valence-electron chi connectivity index (χ0n) is 7.35. The molecule has 72 valence electrons. The fraction of sp³-hybridized carbons (Fsp3) is 0.556. The summed E-state index contributed by atoms with van der Waals surface area (Å²) in [6.45, 7) is 2.28. The lowest BCUT2D eigenvalue weighted by molar-refractivity contribution is 0.465. The Bertz CT molecular complexity index is 272. The van der Waals surface area contributed by atoms with E-state index in [2.05, 4.69) is 27.3 Å². The Hall–Kier alpha value is -0.0600. The highest BCUT2D eigenvalue weighted by Gasteiger charge is 2.17. The summed E-state index contributed by atoms with van der Waals surface area (Å²) in [5.41, 5.74) is 6.68. The van der Waals surface area contributed by atoms with Gasteiger partial charge >= 0.3 is 0 Å². The van der Waals surface area contributed by atoms with Crippen molar-refractivity contribution in [2.45, 2.75) is 18.8 Å². The summed E-state index contributed by atoms with van der Waals surface area (Å²) in [6.07, 6.45) is 2.48. The van der Waals surface area contributed by atoms with Crippen LogP contribution in [0.2, 0.25) is 0 Å². The maximum atomic E-state index is 5.80. The first-order valence-corrected chi connectivity index (χ1v) is 6.14. The summed E-state index contributed by atoms with van der Waals surface area (Å²) in [7, 11) is 0. The third-order valence-electron chi connectivity index (χ3n) is 2.47. The minimum atomic E-state index is 0.722. The average molecular weight is 261 g/mol. The van der Waals surface area contributed by atoms with Gasteiger partial charge in [0.05, 0.1) is 9.47 Å². The van der Waals surface area contributed by atoms with E-state index in [1.54, 1.807) is 11.3 Å². The van der Waals surface area contributed by atoms with E-state index >= 15 is 0 Å². The lowest BCUT2D eigenvalue weighted by Crippen LogP contribution is -2.26. The van der Waals surface area contributed by atoms with Crippen LogP contribution in [0.3, 0.4) is 0 Å². The Kier molecular flexibility index (Phi) is 2.91. The molecule has 1 saturated heterocycles. The Balaban J connectivity index is 2.14. The fourth-order valence-electron chi connectivity index (χ4n) is 1.71. The second-order valence-electron chi connectivity index (χ2n) is 3.40. The SMILES string of the molecule is Nc1cc(C2CCNCC2)sc1Br. The van der Waals surface area contributed by atoms with Crippen LogP contribution in [0, 0.1) is 0 Å². The second-order valence-corrected chi connectivity index (χ2v) is 5.80. The number of nitrogen functional groups attached to an aromatic ring is 1. The van der Waals surface area contributed by atoms with Crippen molar-refractivity contribution in [3.8, 4) is 0 Å². The van der Waals surface area contributed by atoms with Crippen LogP contribution in [0.5, 0.6) is 0 Å². The molecule has 1 aromatic rings. The molecule has 1 fully saturated rings. The van der Waals surface area contributed by atoms with Gasteiger partial charge in [-0.25, -0.2) is 0 Å². The summed E-state index contributed by atoms with van der Waals surface area (Å²) in [4.78, 5) is 1.44. The van der Waals surface area contributed by atoms with Crippen molar-refractivity contribution < 1.29 is 0 Å². The minimum absolute atomic E-state index is 0.722. The van der Waals surface area contributed by atoms with E-state index in [-0.39, 0.29) is 0 Å². The van der Waals surface area contributed by atoms with Crippen molar-refractivity contribution in [3.63, 3.8) is 0 Å². The van der Waals surface area contributed by atoms with Gasteiger partial charge in [0.2, 0.25) is 0 Å². The van der Waals surface area contributed by atoms with Crippen molar-refractivity contribution in [3.05, 3.63) is 14.7 Å². The summed E-state index contributed by atoms with van der Waals surface area (Å²) < 4.78 is 1.08. The van der Waals surface area contributed by atoms with Crippen LogP contribution in [0.15, 0.2) is 9.85 Å². The molecule has 3 N–H and O–H groups in total. The molecule has 0 bridgehead atoms. The summed E-state index contributed by atoms with van der Waals surface area (Å²) in [5, 5.41) is 3.37. The van der Waals surface area contributed by atoms with Crippen molar-refractivity contribution in [1.82, 2.24) is 5.32 Å². The number of nitrogens with one attached hydrogen (secondary N) is 1. The number of rotatable bonds is 1. The molecule has 1 aliphatic heterocycles. The number of halogens is 1. The molecule has 1 aliphatic rings. The monoisotopic (exact) mass is 260 g/mol. The molecule has 0 atom stereocenters. The molecule has 0 aliphatic carbocycles. The Morgan fingerprint density at radius 1 is 1.46 bits per heavy atom. The van der Waals surface area contributed by atoms with E-state index in [0.29, 0.717) is 0 Å². The molecular weight excluding hydrogens is 248 g/mol. The van der Waals surface area contributed by atoms with E-state index < -0.39 is 0 Å². The van der Waals surface area contributed by atoms with Crippen LogP contribution < -0.4 is 11.1 Å². The van der Waals surface area contributed by atoms with Gasteiger partial charge in [0, 0.05) is 4.88 Å². The Morgan fingerprint density at radius 3 is 2.69 bits per heavy atom. The molecule has 0 aromatic carbocycles. The van der Waals surface area contributed by atoms with Gasteiger partial charge in [-0.05, 0) is 53.8 Å². The number of piperidine rings is 1. The first kappa shape index (κ1) is 9.49. The maximum Gasteiger partial charge on any atom is 0.0930 e. The van der Waals surface area contributed by atoms with E-state index in [1.807, 2.05) is 0 Å². The zero-order chi connectivity index (χ0) is 9.26. The van der Waals surface area contributed by atoms with Gasteiger partial charge in [-0.2, -0.15) is 0 Å². The smallest absolute Gasteiger partial charge is 0.0930 e. The standard InChI is InChI=1S/C9H13BrN2S/c10-9-7(11)5-8(13-9)6-1-3-12-4-2-6/h5-6,12H,1-4,11H2. The molecule has 2 rings (SSSR count). The number of thiophene rings is 1. The third-order valence-corrected chi connectivity index (χ3v) is 4.52. The van der Waals surface area contributed by atoms with Crippen LogP contribution in [0.4, 0.5) is 5.69 Å². The molecule has 1 aromatic heterocycles. The second kappa shape index (κ2) is 3.98. The van der Waals surface area contributed by atoms with E-state index in [1.165, 1.54) is 17.7 Å². The quantitative estimate of drug-likeness (QED) is 0.815. The van der Waals surface area contributed by atoms with Gasteiger partial charge in [0.25, 0.3) is 0 Å². The number of hydrogen-bond donors (Lipinski definition) is 2. The highest BCUT2D eigenvalue weighted by atomic mass is 79.9. The Morgan fingerprint density at radius 2 is 2.15 bits per heavy atom. The van der Waals surface area contributed by atoms with Gasteiger partial charge in [0.15, 0.2) is 0 Å². The topological polar surface area (TPSA) is 38.0 Å². The third kappa shape index (κ3) is 2.06. The summed E-state index contributed by atoms with van der Waals surface area (Å²) in [5.74, 6) is 0.722. The van der Waals surface area contributed by atoms with Crippen molar-refractivity contribution >= 4 is 33.0 Å². The van der Waals surface area contributed by atoms with E-state index in [4.69, 9.17) is 5.73 Å². The molecule has 2 heterocycles. The molecule has 0 unspecified atom stereocenters. The van der Waals surface area contributed by atoms with E-state index in [9.17, 15) is 0 Å². The first-order valence-electron chi connectivity index (χ1n) is 4.53. The molecule has 0 spiro atoms. The zero-order valence-corrected chi connectivity index (χ0v) is 9.75. The maximum absolute atomic E-state index is 5.80. The van der Waals surface area contributed by atoms with Crippen molar-refractivity contribution in [1.29, 1.82) is 0 Å². The molecule has 0 radical (unpaired) electrons. The summed E-state index contributed by atoms with van der Waals surface area (Å²) >= 11 is 5.25. The van der Waals surface area contributed by atoms with Crippen LogP contribution in [-0.2, 0) is 0 Å². The highest BCUT2D eigenvalue weighted by Crippen LogP contribution is 2.37. The van der Waals surface area contributed by atoms with E-state index in [0.717, 1.165) is 28.5 Å². The minimum Gasteiger partial charge on any atom is -0.397 e. The predicted octanol–water partition coefficient (Wildman–Crippen LogP) is 2.56. The molecule has 4 heteroatoms. The van der Waals surface area contributed by atoms with Crippen LogP contribution in [0.1, 0.15) is 23.6 Å². The van der Waals surface area contributed by atoms with Crippen LogP contribution >= 0.6 is 27.3 Å². The fourth-order valence-corrected chi connectivity index (χ4v) is 3.36.